The molecule has 0 saturated carbocycles. The molecule has 4 rings (SSSR count). The molecule has 0 spiro atoms. The molecule has 212 valence electrons. The van der Waals surface area contributed by atoms with Crippen molar-refractivity contribution in [3.8, 4) is 17.5 Å². The normalized spacial score (nSPS) is 14.1. The van der Waals surface area contributed by atoms with Gasteiger partial charge in [-0.2, -0.15) is 13.2 Å². The molecule has 2 heterocycles. The molecule has 2 aromatic carbocycles. The largest absolute Gasteiger partial charge is 0.416 e. The van der Waals surface area contributed by atoms with Crippen LogP contribution in [0.4, 0.5) is 18.9 Å². The van der Waals surface area contributed by atoms with Gasteiger partial charge >= 0.3 is 6.18 Å². The van der Waals surface area contributed by atoms with Crippen molar-refractivity contribution < 1.29 is 18.0 Å². The molecule has 3 aromatic rings. The maximum absolute atomic E-state index is 13.6. The maximum atomic E-state index is 13.6. The highest BCUT2D eigenvalue weighted by Gasteiger charge is 2.31. The third kappa shape index (κ3) is 7.66. The van der Waals surface area contributed by atoms with Crippen molar-refractivity contribution in [3.63, 3.8) is 0 Å². The van der Waals surface area contributed by atoms with Crippen LogP contribution in [0.15, 0.2) is 78.1 Å². The Morgan fingerprint density at radius 1 is 1.15 bits per heavy atom. The highest BCUT2D eigenvalue weighted by molar-refractivity contribution is 6.04. The lowest BCUT2D eigenvalue weighted by Gasteiger charge is -2.27. The Morgan fingerprint density at radius 3 is 2.56 bits per heavy atom. The van der Waals surface area contributed by atoms with Crippen molar-refractivity contribution in [2.45, 2.75) is 39.3 Å². The van der Waals surface area contributed by atoms with E-state index in [0.29, 0.717) is 22.7 Å². The Kier molecular flexibility index (Phi) is 8.97. The van der Waals surface area contributed by atoms with Crippen LogP contribution >= 0.6 is 0 Å². The summed E-state index contributed by atoms with van der Waals surface area (Å²) in [7, 11) is 0. The number of nitrogens with one attached hydrogen (secondary N) is 1. The Labute approximate surface area is 237 Å². The molecule has 0 radical (unpaired) electrons. The number of aromatic nitrogens is 2. The van der Waals surface area contributed by atoms with Crippen LogP contribution in [0.3, 0.4) is 0 Å². The average molecular weight is 561 g/mol. The van der Waals surface area contributed by atoms with Gasteiger partial charge in [0, 0.05) is 54.2 Å². The fraction of sp³-hybridized carbons (Fsp3) is 0.258. The van der Waals surface area contributed by atoms with Gasteiger partial charge in [0.25, 0.3) is 5.91 Å². The van der Waals surface area contributed by atoms with Gasteiger partial charge in [-0.1, -0.05) is 24.5 Å². The fourth-order valence-corrected chi connectivity index (χ4v) is 4.29. The van der Waals surface area contributed by atoms with Gasteiger partial charge in [0.2, 0.25) is 0 Å². The number of anilines is 1. The molecule has 0 atom stereocenters. The highest BCUT2D eigenvalue weighted by atomic mass is 19.4. The number of piperidine rings is 1. The number of halogens is 3. The molecule has 1 aliphatic heterocycles. The number of likely N-dealkylation sites (tertiary alicyclic amines) is 1. The van der Waals surface area contributed by atoms with Crippen LogP contribution in [0, 0.1) is 25.7 Å². The second-order valence-electron chi connectivity index (χ2n) is 9.77. The number of benzene rings is 2. The first-order chi connectivity index (χ1) is 19.5. The summed E-state index contributed by atoms with van der Waals surface area (Å²) in [6, 6.07) is 8.26. The molecule has 0 bridgehead atoms. The van der Waals surface area contributed by atoms with Crippen molar-refractivity contribution in [1.29, 1.82) is 0 Å². The quantitative estimate of drug-likeness (QED) is 0.287. The van der Waals surface area contributed by atoms with Gasteiger partial charge < -0.3 is 20.5 Å². The number of alkyl halides is 3. The van der Waals surface area contributed by atoms with Crippen LogP contribution in [0.2, 0.25) is 0 Å². The van der Waals surface area contributed by atoms with E-state index in [0.717, 1.165) is 43.6 Å². The summed E-state index contributed by atoms with van der Waals surface area (Å²) in [6.07, 6.45) is 4.74. The van der Waals surface area contributed by atoms with E-state index < -0.39 is 17.6 Å². The van der Waals surface area contributed by atoms with Gasteiger partial charge in [0.05, 0.1) is 23.2 Å². The minimum Gasteiger partial charge on any atom is -0.404 e. The first-order valence-corrected chi connectivity index (χ1v) is 13.1. The molecule has 1 fully saturated rings. The van der Waals surface area contributed by atoms with E-state index in [4.69, 9.17) is 5.73 Å². The van der Waals surface area contributed by atoms with Crippen LogP contribution in [-0.2, 0) is 6.18 Å². The predicted octanol–water partition coefficient (Wildman–Crippen LogP) is 5.98. The van der Waals surface area contributed by atoms with Crippen molar-refractivity contribution in [1.82, 2.24) is 14.5 Å². The molecule has 0 unspecified atom stereocenters. The van der Waals surface area contributed by atoms with Gasteiger partial charge in [0.15, 0.2) is 0 Å². The number of carbonyl (C=O) groups excluding carboxylic acids is 1. The average Bonchev–Trinajstić information content (AvgIpc) is 3.39. The van der Waals surface area contributed by atoms with Crippen LogP contribution < -0.4 is 11.1 Å². The minimum absolute atomic E-state index is 0.00196. The van der Waals surface area contributed by atoms with Gasteiger partial charge in [-0.05, 0) is 69.0 Å². The number of aryl methyl sites for hydroxylation is 2. The summed E-state index contributed by atoms with van der Waals surface area (Å²) < 4.78 is 42.3. The lowest BCUT2D eigenvalue weighted by atomic mass is 10.0. The molecule has 1 saturated heterocycles. The summed E-state index contributed by atoms with van der Waals surface area (Å²) in [5.74, 6) is 6.06. The summed E-state index contributed by atoms with van der Waals surface area (Å²) in [6.45, 7) is 9.44. The van der Waals surface area contributed by atoms with E-state index in [1.807, 2.05) is 6.92 Å². The Balaban J connectivity index is 1.54. The van der Waals surface area contributed by atoms with E-state index >= 15 is 0 Å². The number of nitrogens with two attached hydrogens (primary N) is 1. The standard InChI is InChI=1S/C31H31F3N6O/c1-21-7-9-26(13-25(21)10-8-24(17-35)18-36-23(3)39-11-5-4-6-12-39)30(41)38-28-14-27(31(32,33)34)15-29(16-28)40-19-22(2)37-20-40/h7,9,13-20H,3-6,11-12,35H2,1-2H3,(H,38,41)/b24-17-,36-18-. The van der Waals surface area contributed by atoms with Crippen molar-refractivity contribution >= 4 is 17.8 Å². The Bertz CT molecular complexity index is 1570. The van der Waals surface area contributed by atoms with Crippen molar-refractivity contribution in [2.75, 3.05) is 18.4 Å². The lowest BCUT2D eigenvalue weighted by molar-refractivity contribution is -0.137. The minimum atomic E-state index is -4.60. The third-order valence-electron chi connectivity index (χ3n) is 6.61. The molecule has 1 aromatic heterocycles. The van der Waals surface area contributed by atoms with Crippen LogP contribution in [-0.4, -0.2) is 39.7 Å². The van der Waals surface area contributed by atoms with Crippen molar-refractivity contribution in [3.05, 3.63) is 101 Å². The highest BCUT2D eigenvalue weighted by Crippen LogP contribution is 2.33. The monoisotopic (exact) mass is 560 g/mol. The number of rotatable bonds is 6. The first kappa shape index (κ1) is 29.2. The second-order valence-corrected chi connectivity index (χ2v) is 9.77. The smallest absolute Gasteiger partial charge is 0.404 e. The topological polar surface area (TPSA) is 88.5 Å². The van der Waals surface area contributed by atoms with E-state index in [1.165, 1.54) is 29.6 Å². The molecule has 7 nitrogen and oxygen atoms in total. The number of imidazole rings is 1. The molecular weight excluding hydrogens is 529 g/mol. The zero-order chi connectivity index (χ0) is 29.6. The molecule has 1 aliphatic rings. The Hall–Kier alpha value is -4.78. The SMILES string of the molecule is C=C(/N=C\C(C#Cc1cc(C(=O)Nc2cc(-n3cnc(C)c3)cc(C(F)(F)F)c2)ccc1C)=C/N)N1CCCCC1. The van der Waals surface area contributed by atoms with Crippen LogP contribution in [0.5, 0.6) is 0 Å². The van der Waals surface area contributed by atoms with Crippen LogP contribution in [0.25, 0.3) is 5.69 Å². The number of nitrogens with zero attached hydrogens (tertiary/aromatic N) is 4. The number of aliphatic imine (C=N–C) groups is 1. The molecule has 3 N–H and O–H groups in total. The molecule has 41 heavy (non-hydrogen) atoms. The number of allylic oxidation sites excluding steroid dienone is 1. The number of amides is 1. The number of carbonyl (C=O) groups is 1. The Morgan fingerprint density at radius 2 is 1.90 bits per heavy atom. The van der Waals surface area contributed by atoms with Gasteiger partial charge in [-0.3, -0.25) is 4.79 Å². The van der Waals surface area contributed by atoms with E-state index in [-0.39, 0.29) is 16.9 Å². The number of hydrogen-bond donors (Lipinski definition) is 2. The van der Waals surface area contributed by atoms with Crippen LogP contribution in [0.1, 0.15) is 52.0 Å². The maximum Gasteiger partial charge on any atom is 0.416 e. The van der Waals surface area contributed by atoms with Crippen molar-refractivity contribution in [2.24, 2.45) is 10.7 Å². The molecule has 1 amide bonds. The zero-order valence-electron chi connectivity index (χ0n) is 22.9. The van der Waals surface area contributed by atoms with Gasteiger partial charge in [-0.25, -0.2) is 9.98 Å². The van der Waals surface area contributed by atoms with E-state index in [2.05, 4.69) is 38.6 Å². The lowest BCUT2D eigenvalue weighted by Crippen LogP contribution is -2.27. The second kappa shape index (κ2) is 12.6. The van der Waals surface area contributed by atoms with E-state index in [9.17, 15) is 18.0 Å². The fourth-order valence-electron chi connectivity index (χ4n) is 4.29. The molecule has 10 heteroatoms. The number of hydrogen-bond acceptors (Lipinski definition) is 5. The summed E-state index contributed by atoms with van der Waals surface area (Å²) in [4.78, 5) is 23.7. The summed E-state index contributed by atoms with van der Waals surface area (Å²) >= 11 is 0. The molecular formula is C31H31F3N6O. The predicted molar refractivity (Wildman–Crippen MR) is 155 cm³/mol. The van der Waals surface area contributed by atoms with Gasteiger partial charge in [-0.15, -0.1) is 0 Å². The zero-order valence-corrected chi connectivity index (χ0v) is 22.9. The van der Waals surface area contributed by atoms with Gasteiger partial charge in [0.1, 0.15) is 5.82 Å². The van der Waals surface area contributed by atoms with E-state index in [1.54, 1.807) is 37.5 Å². The third-order valence-corrected chi connectivity index (χ3v) is 6.61. The summed E-state index contributed by atoms with van der Waals surface area (Å²) in [5, 5.41) is 2.59. The molecule has 0 aliphatic carbocycles. The first-order valence-electron chi connectivity index (χ1n) is 13.1. The summed E-state index contributed by atoms with van der Waals surface area (Å²) in [5.41, 5.74) is 7.82.